The molecule has 0 unspecified atom stereocenters. The molecule has 12 heteroatoms. The molecule has 0 bridgehead atoms. The Bertz CT molecular complexity index is 1430. The zero-order valence-electron chi connectivity index (χ0n) is 24.3. The highest BCUT2D eigenvalue weighted by Crippen LogP contribution is 2.33. The molecule has 7 rings (SSSR count). The van der Waals surface area contributed by atoms with Crippen molar-refractivity contribution in [3.63, 3.8) is 0 Å². The summed E-state index contributed by atoms with van der Waals surface area (Å²) in [6.45, 7) is 8.57. The molecule has 0 saturated carbocycles. The van der Waals surface area contributed by atoms with Crippen LogP contribution in [0.5, 0.6) is 11.5 Å². The number of thiazole rings is 1. The van der Waals surface area contributed by atoms with Crippen molar-refractivity contribution in [1.29, 1.82) is 0 Å². The van der Waals surface area contributed by atoms with Crippen LogP contribution < -0.4 is 14.4 Å². The van der Waals surface area contributed by atoms with Gasteiger partial charge in [-0.05, 0) is 42.7 Å². The molecular formula is C31H37N7O4S. The maximum absolute atomic E-state index is 13.3. The molecule has 4 aliphatic rings. The lowest BCUT2D eigenvalue weighted by Gasteiger charge is -2.39. The maximum Gasteiger partial charge on any atom is 0.320 e. The summed E-state index contributed by atoms with van der Waals surface area (Å²) in [5.41, 5.74) is 1.73. The number of likely N-dealkylation sites (tertiary alicyclic amines) is 1. The van der Waals surface area contributed by atoms with E-state index in [1.807, 2.05) is 56.6 Å². The smallest absolute Gasteiger partial charge is 0.320 e. The van der Waals surface area contributed by atoms with Crippen molar-refractivity contribution in [1.82, 2.24) is 29.6 Å². The molecule has 4 aliphatic heterocycles. The van der Waals surface area contributed by atoms with Gasteiger partial charge in [0.15, 0.2) is 11.5 Å². The van der Waals surface area contributed by atoms with Crippen LogP contribution >= 0.6 is 11.3 Å². The number of benzene rings is 1. The molecule has 3 amide bonds. The van der Waals surface area contributed by atoms with Crippen LogP contribution in [0.4, 0.5) is 10.6 Å². The summed E-state index contributed by atoms with van der Waals surface area (Å²) in [4.78, 5) is 46.2. The number of aromatic nitrogens is 2. The van der Waals surface area contributed by atoms with Gasteiger partial charge in [0.25, 0.3) is 5.91 Å². The monoisotopic (exact) mass is 603 g/mol. The molecule has 0 aliphatic carbocycles. The number of nitrogens with zero attached hydrogens (tertiary/aromatic N) is 7. The van der Waals surface area contributed by atoms with Crippen LogP contribution in [0.1, 0.15) is 39.8 Å². The SMILES string of the molecule is O=C(c1csc(C2CCN(C(=O)N3CCN(c4ccccn4)CC3)CC2)n1)N1CCN(Cc2ccc3c(c2)OCO3)CC1. The van der Waals surface area contributed by atoms with E-state index in [1.165, 1.54) is 5.56 Å². The number of hydrogen-bond donors (Lipinski definition) is 0. The van der Waals surface area contributed by atoms with Crippen molar-refractivity contribution in [2.24, 2.45) is 0 Å². The van der Waals surface area contributed by atoms with Crippen LogP contribution in [0.25, 0.3) is 0 Å². The van der Waals surface area contributed by atoms with Gasteiger partial charge in [0.2, 0.25) is 6.79 Å². The van der Waals surface area contributed by atoms with Crippen molar-refractivity contribution in [2.45, 2.75) is 25.3 Å². The number of carbonyl (C=O) groups excluding carboxylic acids is 2. The molecule has 226 valence electrons. The quantitative estimate of drug-likeness (QED) is 0.439. The number of pyridine rings is 1. The summed E-state index contributed by atoms with van der Waals surface area (Å²) in [5, 5.41) is 2.93. The number of anilines is 1. The fraction of sp³-hybridized carbons (Fsp3) is 0.484. The highest BCUT2D eigenvalue weighted by Gasteiger charge is 2.31. The number of ether oxygens (including phenoxy) is 2. The molecule has 2 aromatic heterocycles. The Morgan fingerprint density at radius 2 is 1.58 bits per heavy atom. The summed E-state index contributed by atoms with van der Waals surface area (Å²) >= 11 is 1.58. The predicted octanol–water partition coefficient (Wildman–Crippen LogP) is 3.35. The second-order valence-electron chi connectivity index (χ2n) is 11.5. The van der Waals surface area contributed by atoms with Crippen molar-refractivity contribution >= 4 is 29.1 Å². The Morgan fingerprint density at radius 3 is 2.35 bits per heavy atom. The minimum Gasteiger partial charge on any atom is -0.454 e. The minimum atomic E-state index is 0.0164. The second-order valence-corrected chi connectivity index (χ2v) is 12.4. The van der Waals surface area contributed by atoms with Crippen molar-refractivity contribution in [3.05, 3.63) is 64.2 Å². The van der Waals surface area contributed by atoms with Crippen LogP contribution in [0.3, 0.4) is 0 Å². The summed E-state index contributed by atoms with van der Waals surface area (Å²) in [6.07, 6.45) is 3.56. The number of urea groups is 1. The van der Waals surface area contributed by atoms with Gasteiger partial charge in [-0.15, -0.1) is 11.3 Å². The third kappa shape index (κ3) is 6.12. The molecule has 11 nitrogen and oxygen atoms in total. The molecule has 1 aromatic carbocycles. The normalized spacial score (nSPS) is 19.6. The fourth-order valence-corrected chi connectivity index (χ4v) is 7.29. The van der Waals surface area contributed by atoms with E-state index in [0.717, 1.165) is 81.0 Å². The number of amides is 3. The first-order valence-corrected chi connectivity index (χ1v) is 16.0. The number of fused-ring (bicyclic) bond motifs is 1. The molecule has 3 aromatic rings. The average molecular weight is 604 g/mol. The zero-order chi connectivity index (χ0) is 29.2. The Kier molecular flexibility index (Phi) is 8.03. The van der Waals surface area contributed by atoms with E-state index in [2.05, 4.69) is 20.9 Å². The Labute approximate surface area is 255 Å². The van der Waals surface area contributed by atoms with Crippen molar-refractivity contribution in [2.75, 3.05) is 77.1 Å². The predicted molar refractivity (Wildman–Crippen MR) is 163 cm³/mol. The molecule has 0 N–H and O–H groups in total. The standard InChI is InChI=1S/C31H37N7O4S/c39-30(36-13-11-34(12-14-36)20-23-4-5-26-27(19-23)42-22-41-26)25-21-43-29(33-25)24-6-9-37(10-7-24)31(40)38-17-15-35(16-18-38)28-3-1-2-8-32-28/h1-5,8,19,21,24H,6-7,9-18,20,22H2. The topological polar surface area (TPSA) is 94.6 Å². The van der Waals surface area contributed by atoms with E-state index < -0.39 is 0 Å². The zero-order valence-corrected chi connectivity index (χ0v) is 25.1. The summed E-state index contributed by atoms with van der Waals surface area (Å²) in [5.74, 6) is 2.88. The molecular weight excluding hydrogens is 566 g/mol. The second kappa shape index (κ2) is 12.4. The van der Waals surface area contributed by atoms with Crippen molar-refractivity contribution < 1.29 is 19.1 Å². The largest absolute Gasteiger partial charge is 0.454 e. The minimum absolute atomic E-state index is 0.0164. The molecule has 0 atom stereocenters. The van der Waals surface area contributed by atoms with E-state index in [-0.39, 0.29) is 24.6 Å². The maximum atomic E-state index is 13.3. The number of hydrogen-bond acceptors (Lipinski definition) is 9. The van der Waals surface area contributed by atoms with Crippen LogP contribution in [0.15, 0.2) is 48.0 Å². The van der Waals surface area contributed by atoms with Gasteiger partial charge in [-0.25, -0.2) is 14.8 Å². The Morgan fingerprint density at radius 1 is 0.837 bits per heavy atom. The molecule has 3 saturated heterocycles. The van der Waals surface area contributed by atoms with E-state index in [4.69, 9.17) is 14.5 Å². The fourth-order valence-electron chi connectivity index (χ4n) is 6.33. The van der Waals surface area contributed by atoms with Crippen LogP contribution in [-0.2, 0) is 6.54 Å². The first-order valence-electron chi connectivity index (χ1n) is 15.2. The van der Waals surface area contributed by atoms with Gasteiger partial charge in [0.05, 0.1) is 5.01 Å². The average Bonchev–Trinajstić information content (AvgIpc) is 3.75. The third-order valence-corrected chi connectivity index (χ3v) is 9.89. The van der Waals surface area contributed by atoms with Gasteiger partial charge in [-0.2, -0.15) is 0 Å². The van der Waals surface area contributed by atoms with Gasteiger partial charge in [0, 0.05) is 89.5 Å². The summed E-state index contributed by atoms with van der Waals surface area (Å²) in [7, 11) is 0. The van der Waals surface area contributed by atoms with Crippen LogP contribution in [0.2, 0.25) is 0 Å². The number of rotatable bonds is 5. The van der Waals surface area contributed by atoms with Crippen molar-refractivity contribution in [3.8, 4) is 11.5 Å². The summed E-state index contributed by atoms with van der Waals surface area (Å²) < 4.78 is 10.9. The molecule has 0 spiro atoms. The van der Waals surface area contributed by atoms with Gasteiger partial charge < -0.3 is 29.1 Å². The third-order valence-electron chi connectivity index (χ3n) is 8.88. The summed E-state index contributed by atoms with van der Waals surface area (Å²) in [6, 6.07) is 12.2. The van der Waals surface area contributed by atoms with Gasteiger partial charge in [-0.1, -0.05) is 12.1 Å². The van der Waals surface area contributed by atoms with Gasteiger partial charge in [0.1, 0.15) is 11.5 Å². The van der Waals surface area contributed by atoms with E-state index in [1.54, 1.807) is 11.3 Å². The lowest BCUT2D eigenvalue weighted by Crippen LogP contribution is -2.54. The highest BCUT2D eigenvalue weighted by molar-refractivity contribution is 7.09. The molecule has 3 fully saturated rings. The molecule has 43 heavy (non-hydrogen) atoms. The Hall–Kier alpha value is -3.90. The Balaban J connectivity index is 0.860. The highest BCUT2D eigenvalue weighted by atomic mass is 32.1. The lowest BCUT2D eigenvalue weighted by molar-refractivity contribution is 0.0623. The lowest BCUT2D eigenvalue weighted by atomic mass is 9.98. The first kappa shape index (κ1) is 27.9. The van der Waals surface area contributed by atoms with E-state index >= 15 is 0 Å². The number of piperidine rings is 1. The van der Waals surface area contributed by atoms with Crippen LogP contribution in [-0.4, -0.2) is 114 Å². The molecule has 0 radical (unpaired) electrons. The molecule has 6 heterocycles. The van der Waals surface area contributed by atoms with E-state index in [0.29, 0.717) is 31.9 Å². The number of piperazine rings is 2. The van der Waals surface area contributed by atoms with Crippen LogP contribution in [0, 0.1) is 0 Å². The van der Waals surface area contributed by atoms with E-state index in [9.17, 15) is 9.59 Å². The first-order chi connectivity index (χ1) is 21.1. The number of carbonyl (C=O) groups is 2. The van der Waals surface area contributed by atoms with Gasteiger partial charge in [-0.3, -0.25) is 9.69 Å². The van der Waals surface area contributed by atoms with Gasteiger partial charge >= 0.3 is 6.03 Å².